The first kappa shape index (κ1) is 30.8. The van der Waals surface area contributed by atoms with Gasteiger partial charge in [0.2, 0.25) is 11.8 Å². The van der Waals surface area contributed by atoms with E-state index in [4.69, 9.17) is 5.73 Å². The molecule has 0 atom stereocenters. The molecule has 1 aliphatic rings. The first-order chi connectivity index (χ1) is 19.9. The van der Waals surface area contributed by atoms with Crippen LogP contribution in [-0.2, 0) is 22.6 Å². The predicted octanol–water partition coefficient (Wildman–Crippen LogP) is 5.24. The molecule has 2 aromatic heterocycles. The number of carbonyl (C=O) groups is 3. The first-order valence-electron chi connectivity index (χ1n) is 15.2. The smallest absolute Gasteiger partial charge is 0.268 e. The van der Waals surface area contributed by atoms with E-state index in [2.05, 4.69) is 29.7 Å². The number of likely N-dealkylation sites (N-methyl/N-ethyl adjacent to an activating group) is 1. The summed E-state index contributed by atoms with van der Waals surface area (Å²) < 4.78 is 2.84. The third kappa shape index (κ3) is 7.98. The summed E-state index contributed by atoms with van der Waals surface area (Å²) in [5.74, 6) is -0.0801. The number of aryl methyl sites for hydroxylation is 1. The quantitative estimate of drug-likeness (QED) is 0.227. The molecular formula is C32H45N5O3S. The van der Waals surface area contributed by atoms with E-state index in [-0.39, 0.29) is 36.2 Å². The maximum absolute atomic E-state index is 13.5. The summed E-state index contributed by atoms with van der Waals surface area (Å²) in [5, 5.41) is 8.27. The van der Waals surface area contributed by atoms with Gasteiger partial charge in [-0.3, -0.25) is 14.4 Å². The fourth-order valence-electron chi connectivity index (χ4n) is 5.74. The molecule has 0 spiro atoms. The lowest BCUT2D eigenvalue weighted by Crippen LogP contribution is -2.42. The third-order valence-electron chi connectivity index (χ3n) is 8.16. The Balaban J connectivity index is 1.35. The van der Waals surface area contributed by atoms with E-state index in [9.17, 15) is 14.4 Å². The van der Waals surface area contributed by atoms with E-state index in [1.807, 2.05) is 41.1 Å². The number of anilines is 1. The van der Waals surface area contributed by atoms with E-state index in [1.54, 1.807) is 16.2 Å². The van der Waals surface area contributed by atoms with Crippen LogP contribution in [0, 0.1) is 5.92 Å². The normalized spacial score (nSPS) is 17.0. The fourth-order valence-corrected chi connectivity index (χ4v) is 6.56. The molecule has 9 heteroatoms. The number of aromatic nitrogens is 1. The van der Waals surface area contributed by atoms with Gasteiger partial charge < -0.3 is 25.8 Å². The maximum Gasteiger partial charge on any atom is 0.268 e. The first-order valence-corrected chi connectivity index (χ1v) is 16.1. The van der Waals surface area contributed by atoms with Gasteiger partial charge in [-0.2, -0.15) is 0 Å². The van der Waals surface area contributed by atoms with Crippen LogP contribution in [0.4, 0.5) is 5.69 Å². The zero-order valence-corrected chi connectivity index (χ0v) is 25.3. The third-order valence-corrected chi connectivity index (χ3v) is 9.01. The van der Waals surface area contributed by atoms with Crippen molar-refractivity contribution in [2.24, 2.45) is 11.7 Å². The minimum absolute atomic E-state index is 0.00486. The van der Waals surface area contributed by atoms with E-state index in [0.29, 0.717) is 18.8 Å². The van der Waals surface area contributed by atoms with Gasteiger partial charge in [-0.1, -0.05) is 31.9 Å². The highest BCUT2D eigenvalue weighted by atomic mass is 32.1. The Bertz CT molecular complexity index is 1310. The fraction of sp³-hybridized carbons (Fsp3) is 0.531. The highest BCUT2D eigenvalue weighted by molar-refractivity contribution is 7.17. The van der Waals surface area contributed by atoms with Crippen LogP contribution in [0.5, 0.6) is 0 Å². The average molecular weight is 580 g/mol. The SMILES string of the molecule is CCc1cccc(N(CC)C(=O)Cn2c(C(=O)N[C@H]3CC[C@H](C(=O)NCCCCCCN)CC3)cc3sccc32)c1. The van der Waals surface area contributed by atoms with Crippen LogP contribution >= 0.6 is 11.3 Å². The van der Waals surface area contributed by atoms with Gasteiger partial charge in [0.15, 0.2) is 0 Å². The van der Waals surface area contributed by atoms with Crippen molar-refractivity contribution < 1.29 is 14.4 Å². The molecule has 1 saturated carbocycles. The molecule has 0 bridgehead atoms. The Morgan fingerprint density at radius 3 is 2.54 bits per heavy atom. The second-order valence-electron chi connectivity index (χ2n) is 11.0. The standard InChI is InChI=1S/C32H45N5O3S/c1-3-23-10-9-11-26(20-23)36(4-2)30(38)22-37-27-16-19-41-29(27)21-28(37)32(40)35-25-14-12-24(13-15-25)31(39)34-18-8-6-5-7-17-33/h9-11,16,19-21,24-25H,3-8,12-15,17-18,22,33H2,1-2H3,(H,34,39)(H,35,40)/t24-,25-. The van der Waals surface area contributed by atoms with Crippen LogP contribution < -0.4 is 21.3 Å². The topological polar surface area (TPSA) is 109 Å². The predicted molar refractivity (Wildman–Crippen MR) is 167 cm³/mol. The van der Waals surface area contributed by atoms with Crippen molar-refractivity contribution in [2.45, 2.75) is 84.2 Å². The monoisotopic (exact) mass is 579 g/mol. The molecule has 0 saturated heterocycles. The largest absolute Gasteiger partial charge is 0.356 e. The summed E-state index contributed by atoms with van der Waals surface area (Å²) in [6.07, 6.45) is 8.18. The number of nitrogens with zero attached hydrogens (tertiary/aromatic N) is 2. The lowest BCUT2D eigenvalue weighted by atomic mass is 9.85. The minimum Gasteiger partial charge on any atom is -0.356 e. The zero-order chi connectivity index (χ0) is 29.2. The molecule has 0 unspecified atom stereocenters. The Morgan fingerprint density at radius 2 is 1.80 bits per heavy atom. The molecule has 1 fully saturated rings. The van der Waals surface area contributed by atoms with Crippen LogP contribution in [0.1, 0.15) is 81.3 Å². The lowest BCUT2D eigenvalue weighted by Gasteiger charge is -2.28. The number of benzene rings is 1. The van der Waals surface area contributed by atoms with Gasteiger partial charge in [0.25, 0.3) is 5.91 Å². The van der Waals surface area contributed by atoms with E-state index in [0.717, 1.165) is 80.2 Å². The van der Waals surface area contributed by atoms with E-state index in [1.165, 1.54) is 5.56 Å². The van der Waals surface area contributed by atoms with Crippen molar-refractivity contribution in [3.05, 3.63) is 53.0 Å². The van der Waals surface area contributed by atoms with Crippen LogP contribution in [0.2, 0.25) is 0 Å². The van der Waals surface area contributed by atoms with Gasteiger partial charge in [0.1, 0.15) is 12.2 Å². The van der Waals surface area contributed by atoms with Gasteiger partial charge in [0, 0.05) is 30.7 Å². The molecule has 1 aliphatic carbocycles. The van der Waals surface area contributed by atoms with Gasteiger partial charge >= 0.3 is 0 Å². The van der Waals surface area contributed by atoms with Gasteiger partial charge in [-0.05, 0) is 93.6 Å². The summed E-state index contributed by atoms with van der Waals surface area (Å²) in [5.41, 5.74) is 9.00. The van der Waals surface area contributed by atoms with Crippen molar-refractivity contribution in [1.29, 1.82) is 0 Å². The molecule has 41 heavy (non-hydrogen) atoms. The number of unbranched alkanes of at least 4 members (excludes halogenated alkanes) is 3. The number of hydrogen-bond acceptors (Lipinski definition) is 5. The minimum atomic E-state index is -0.164. The second-order valence-corrected chi connectivity index (χ2v) is 11.9. The van der Waals surface area contributed by atoms with Crippen molar-refractivity contribution in [2.75, 3.05) is 24.5 Å². The highest BCUT2D eigenvalue weighted by Crippen LogP contribution is 2.28. The van der Waals surface area contributed by atoms with E-state index >= 15 is 0 Å². The van der Waals surface area contributed by atoms with Gasteiger partial charge in [-0.25, -0.2) is 0 Å². The lowest BCUT2D eigenvalue weighted by molar-refractivity contribution is -0.126. The molecule has 0 aliphatic heterocycles. The van der Waals surface area contributed by atoms with Gasteiger partial charge in [-0.15, -0.1) is 11.3 Å². The molecule has 4 rings (SSSR count). The number of nitrogens with two attached hydrogens (primary N) is 1. The Kier molecular flexibility index (Phi) is 11.4. The molecule has 4 N–H and O–H groups in total. The van der Waals surface area contributed by atoms with Crippen molar-refractivity contribution in [3.8, 4) is 0 Å². The molecule has 0 radical (unpaired) electrons. The molecule has 3 aromatic rings. The number of rotatable bonds is 14. The number of thiophene rings is 1. The Morgan fingerprint density at radius 1 is 1.02 bits per heavy atom. The number of hydrogen-bond donors (Lipinski definition) is 3. The molecule has 1 aromatic carbocycles. The van der Waals surface area contributed by atoms with Crippen LogP contribution in [0.15, 0.2) is 41.8 Å². The van der Waals surface area contributed by atoms with Crippen LogP contribution in [0.3, 0.4) is 0 Å². The summed E-state index contributed by atoms with van der Waals surface area (Å²) >= 11 is 1.57. The summed E-state index contributed by atoms with van der Waals surface area (Å²) in [4.78, 5) is 41.4. The van der Waals surface area contributed by atoms with Gasteiger partial charge in [0.05, 0.1) is 10.2 Å². The molecule has 2 heterocycles. The number of carbonyl (C=O) groups excluding carboxylic acids is 3. The Labute approximate surface area is 247 Å². The average Bonchev–Trinajstić information content (AvgIpc) is 3.58. The molecular weight excluding hydrogens is 534 g/mol. The summed E-state index contributed by atoms with van der Waals surface area (Å²) in [7, 11) is 0. The maximum atomic E-state index is 13.5. The Hall–Kier alpha value is -3.17. The summed E-state index contributed by atoms with van der Waals surface area (Å²) in [6, 6.07) is 12.0. The van der Waals surface area contributed by atoms with Crippen LogP contribution in [0.25, 0.3) is 10.2 Å². The van der Waals surface area contributed by atoms with Crippen molar-refractivity contribution in [1.82, 2.24) is 15.2 Å². The van der Waals surface area contributed by atoms with Crippen molar-refractivity contribution >= 4 is 45.0 Å². The number of amides is 3. The van der Waals surface area contributed by atoms with Crippen molar-refractivity contribution in [3.63, 3.8) is 0 Å². The highest BCUT2D eigenvalue weighted by Gasteiger charge is 2.28. The van der Waals surface area contributed by atoms with E-state index < -0.39 is 0 Å². The summed E-state index contributed by atoms with van der Waals surface area (Å²) in [6.45, 7) is 6.15. The number of nitrogens with one attached hydrogen (secondary N) is 2. The second kappa shape index (κ2) is 15.2. The molecule has 3 amide bonds. The zero-order valence-electron chi connectivity index (χ0n) is 24.5. The number of fused-ring (bicyclic) bond motifs is 1. The van der Waals surface area contributed by atoms with Crippen LogP contribution in [-0.4, -0.2) is 48.0 Å². The molecule has 222 valence electrons. The molecule has 8 nitrogen and oxygen atoms in total.